The molecule has 3 rings (SSSR count). The lowest BCUT2D eigenvalue weighted by Gasteiger charge is -2.29. The molecule has 1 aliphatic heterocycles. The second-order valence-corrected chi connectivity index (χ2v) is 4.95. The molecule has 0 aliphatic carbocycles. The van der Waals surface area contributed by atoms with Crippen LogP contribution >= 0.6 is 0 Å². The summed E-state index contributed by atoms with van der Waals surface area (Å²) in [4.78, 5) is 23.6. The number of carbonyl (C=O) groups is 2. The van der Waals surface area contributed by atoms with Crippen LogP contribution in [0.25, 0.3) is 17.0 Å². The smallest absolute Gasteiger partial charge is 0.348 e. The van der Waals surface area contributed by atoms with E-state index in [-0.39, 0.29) is 5.57 Å². The van der Waals surface area contributed by atoms with Crippen LogP contribution in [0.2, 0.25) is 0 Å². The van der Waals surface area contributed by atoms with Gasteiger partial charge < -0.3 is 13.9 Å². The van der Waals surface area contributed by atoms with E-state index < -0.39 is 17.7 Å². The van der Waals surface area contributed by atoms with E-state index in [1.54, 1.807) is 18.4 Å². The molecule has 0 radical (unpaired) electrons. The summed E-state index contributed by atoms with van der Waals surface area (Å²) >= 11 is 0. The molecule has 5 nitrogen and oxygen atoms in total. The molecule has 1 saturated heterocycles. The minimum Gasteiger partial charge on any atom is -0.464 e. The molecule has 1 aromatic heterocycles. The van der Waals surface area contributed by atoms with E-state index in [0.717, 1.165) is 5.39 Å². The van der Waals surface area contributed by atoms with E-state index in [1.165, 1.54) is 19.9 Å². The molecule has 0 N–H and O–H groups in total. The van der Waals surface area contributed by atoms with Crippen molar-refractivity contribution in [3.8, 4) is 0 Å². The number of carbonyl (C=O) groups excluding carboxylic acids is 2. The minimum atomic E-state index is -1.23. The zero-order chi connectivity index (χ0) is 14.3. The van der Waals surface area contributed by atoms with E-state index in [1.807, 2.05) is 12.1 Å². The van der Waals surface area contributed by atoms with E-state index in [9.17, 15) is 9.59 Å². The maximum Gasteiger partial charge on any atom is 0.348 e. The Kier molecular flexibility index (Phi) is 2.64. The van der Waals surface area contributed by atoms with Crippen LogP contribution < -0.4 is 0 Å². The first-order valence-corrected chi connectivity index (χ1v) is 6.10. The monoisotopic (exact) mass is 272 g/mol. The summed E-state index contributed by atoms with van der Waals surface area (Å²) in [5.74, 6) is -2.60. The summed E-state index contributed by atoms with van der Waals surface area (Å²) in [6.07, 6.45) is 3.01. The van der Waals surface area contributed by atoms with Crippen molar-refractivity contribution in [2.24, 2.45) is 0 Å². The summed E-state index contributed by atoms with van der Waals surface area (Å²) < 4.78 is 15.3. The van der Waals surface area contributed by atoms with E-state index in [4.69, 9.17) is 13.9 Å². The van der Waals surface area contributed by atoms with Gasteiger partial charge in [0.05, 0.1) is 6.26 Å². The zero-order valence-electron chi connectivity index (χ0n) is 11.0. The highest BCUT2D eigenvalue weighted by Gasteiger charge is 2.38. The lowest BCUT2D eigenvalue weighted by Crippen LogP contribution is -2.41. The number of hydrogen-bond donors (Lipinski definition) is 0. The maximum atomic E-state index is 11.8. The Hall–Kier alpha value is -2.56. The number of furan rings is 1. The maximum absolute atomic E-state index is 11.8. The molecule has 102 valence electrons. The van der Waals surface area contributed by atoms with Crippen LogP contribution in [0.3, 0.4) is 0 Å². The Labute approximate surface area is 114 Å². The molecule has 2 heterocycles. The topological polar surface area (TPSA) is 65.7 Å². The average Bonchev–Trinajstić information content (AvgIpc) is 2.80. The van der Waals surface area contributed by atoms with Gasteiger partial charge in [0.2, 0.25) is 0 Å². The molecule has 0 bridgehead atoms. The van der Waals surface area contributed by atoms with Crippen LogP contribution in [0.4, 0.5) is 0 Å². The number of cyclic esters (lactones) is 2. The Balaban J connectivity index is 1.98. The lowest BCUT2D eigenvalue weighted by atomic mass is 10.1. The van der Waals surface area contributed by atoms with Gasteiger partial charge in [0, 0.05) is 19.2 Å². The molecule has 20 heavy (non-hydrogen) atoms. The molecule has 1 aliphatic rings. The first-order valence-electron chi connectivity index (χ1n) is 6.10. The summed E-state index contributed by atoms with van der Waals surface area (Å²) in [6, 6.07) is 7.19. The van der Waals surface area contributed by atoms with Gasteiger partial charge in [-0.2, -0.15) is 0 Å². The SMILES string of the molecule is CC1(C)OC(=O)C(=Cc2ccc3ccoc3c2)C(=O)O1. The number of esters is 2. The van der Waals surface area contributed by atoms with E-state index in [0.29, 0.717) is 11.1 Å². The Morgan fingerprint density at radius 1 is 1.05 bits per heavy atom. The first kappa shape index (κ1) is 12.5. The summed E-state index contributed by atoms with van der Waals surface area (Å²) in [7, 11) is 0. The number of rotatable bonds is 1. The Bertz CT molecular complexity index is 714. The van der Waals surface area contributed by atoms with Gasteiger partial charge >= 0.3 is 11.9 Å². The third-order valence-electron chi connectivity index (χ3n) is 2.91. The number of fused-ring (bicyclic) bond motifs is 1. The molecule has 0 saturated carbocycles. The normalized spacial score (nSPS) is 17.8. The predicted molar refractivity (Wildman–Crippen MR) is 70.5 cm³/mol. The third-order valence-corrected chi connectivity index (χ3v) is 2.91. The molecule has 1 aromatic carbocycles. The number of hydrogen-bond acceptors (Lipinski definition) is 5. The average molecular weight is 272 g/mol. The number of benzene rings is 1. The Morgan fingerprint density at radius 3 is 2.45 bits per heavy atom. The van der Waals surface area contributed by atoms with Gasteiger partial charge in [-0.15, -0.1) is 0 Å². The molecule has 0 amide bonds. The molecule has 1 fully saturated rings. The molecule has 2 aromatic rings. The second kappa shape index (κ2) is 4.23. The first-order chi connectivity index (χ1) is 9.44. The van der Waals surface area contributed by atoms with Crippen LogP contribution in [0.15, 0.2) is 40.5 Å². The fourth-order valence-electron chi connectivity index (χ4n) is 2.01. The fraction of sp³-hybridized carbons (Fsp3) is 0.200. The standard InChI is InChI=1S/C15H12O5/c1-15(2)19-13(16)11(14(17)20-15)7-9-3-4-10-5-6-18-12(10)8-9/h3-8H,1-2H3. The third kappa shape index (κ3) is 2.18. The fourth-order valence-corrected chi connectivity index (χ4v) is 2.01. The van der Waals surface area contributed by atoms with Crippen molar-refractivity contribution >= 4 is 29.0 Å². The summed E-state index contributed by atoms with van der Waals surface area (Å²) in [6.45, 7) is 3.02. The highest BCUT2D eigenvalue weighted by atomic mass is 16.7. The van der Waals surface area contributed by atoms with Crippen molar-refractivity contribution < 1.29 is 23.5 Å². The minimum absolute atomic E-state index is 0.129. The van der Waals surface area contributed by atoms with Crippen molar-refractivity contribution in [1.29, 1.82) is 0 Å². The molecule has 5 heteroatoms. The van der Waals surface area contributed by atoms with Crippen LogP contribution in [0.1, 0.15) is 19.4 Å². The summed E-state index contributed by atoms with van der Waals surface area (Å²) in [5.41, 5.74) is 1.21. The highest BCUT2D eigenvalue weighted by Crippen LogP contribution is 2.25. The molecule has 0 atom stereocenters. The van der Waals surface area contributed by atoms with Crippen molar-refractivity contribution in [2.45, 2.75) is 19.6 Å². The van der Waals surface area contributed by atoms with Crippen LogP contribution in [0, 0.1) is 0 Å². The number of ether oxygens (including phenoxy) is 2. The van der Waals surface area contributed by atoms with Crippen LogP contribution in [-0.2, 0) is 19.1 Å². The van der Waals surface area contributed by atoms with Crippen molar-refractivity contribution in [3.63, 3.8) is 0 Å². The van der Waals surface area contributed by atoms with Gasteiger partial charge in [-0.3, -0.25) is 0 Å². The van der Waals surface area contributed by atoms with Gasteiger partial charge in [0.25, 0.3) is 5.79 Å². The van der Waals surface area contributed by atoms with Crippen LogP contribution in [0.5, 0.6) is 0 Å². The van der Waals surface area contributed by atoms with Gasteiger partial charge in [-0.25, -0.2) is 9.59 Å². The zero-order valence-corrected chi connectivity index (χ0v) is 11.0. The largest absolute Gasteiger partial charge is 0.464 e. The quantitative estimate of drug-likeness (QED) is 0.453. The van der Waals surface area contributed by atoms with Gasteiger partial charge in [-0.1, -0.05) is 12.1 Å². The van der Waals surface area contributed by atoms with Crippen LogP contribution in [-0.4, -0.2) is 17.7 Å². The molecule has 0 spiro atoms. The van der Waals surface area contributed by atoms with Crippen molar-refractivity contribution in [1.82, 2.24) is 0 Å². The highest BCUT2D eigenvalue weighted by molar-refractivity contribution is 6.19. The van der Waals surface area contributed by atoms with Crippen molar-refractivity contribution in [2.75, 3.05) is 0 Å². The Morgan fingerprint density at radius 2 is 1.75 bits per heavy atom. The lowest BCUT2D eigenvalue weighted by molar-refractivity contribution is -0.222. The van der Waals surface area contributed by atoms with Gasteiger partial charge in [0.1, 0.15) is 11.2 Å². The van der Waals surface area contributed by atoms with Gasteiger partial charge in [0.15, 0.2) is 0 Å². The predicted octanol–water partition coefficient (Wildman–Crippen LogP) is 2.65. The second-order valence-electron chi connectivity index (χ2n) is 4.95. The molecule has 0 unspecified atom stereocenters. The molecular formula is C15H12O5. The molecular weight excluding hydrogens is 260 g/mol. The van der Waals surface area contributed by atoms with E-state index in [2.05, 4.69) is 0 Å². The van der Waals surface area contributed by atoms with Crippen molar-refractivity contribution in [3.05, 3.63) is 41.7 Å². The van der Waals surface area contributed by atoms with E-state index >= 15 is 0 Å². The summed E-state index contributed by atoms with van der Waals surface area (Å²) in [5, 5.41) is 0.946. The van der Waals surface area contributed by atoms with Gasteiger partial charge in [-0.05, 0) is 23.8 Å².